The Labute approximate surface area is 127 Å². The summed E-state index contributed by atoms with van der Waals surface area (Å²) in [6.07, 6.45) is 0. The van der Waals surface area contributed by atoms with Gasteiger partial charge in [0.05, 0.1) is 13.7 Å². The van der Waals surface area contributed by atoms with Gasteiger partial charge in [-0.05, 0) is 42.8 Å². The van der Waals surface area contributed by atoms with Crippen LogP contribution in [0.15, 0.2) is 24.3 Å². The smallest absolute Gasteiger partial charge is 0.238 e. The third-order valence-electron chi connectivity index (χ3n) is 3.39. The van der Waals surface area contributed by atoms with E-state index in [0.29, 0.717) is 13.1 Å². The van der Waals surface area contributed by atoms with Crippen molar-refractivity contribution in [3.63, 3.8) is 0 Å². The van der Waals surface area contributed by atoms with Gasteiger partial charge in [-0.2, -0.15) is 0 Å². The van der Waals surface area contributed by atoms with Crippen LogP contribution in [0.5, 0.6) is 5.75 Å². The number of carbonyl (C=O) groups is 1. The molecule has 0 radical (unpaired) electrons. The third-order valence-corrected chi connectivity index (χ3v) is 3.39. The van der Waals surface area contributed by atoms with E-state index in [0.717, 1.165) is 24.5 Å². The Bertz CT molecular complexity index is 443. The van der Waals surface area contributed by atoms with Crippen LogP contribution in [-0.2, 0) is 4.79 Å². The van der Waals surface area contributed by atoms with E-state index in [-0.39, 0.29) is 11.3 Å². The highest BCUT2D eigenvalue weighted by atomic mass is 16.5. The maximum Gasteiger partial charge on any atom is 0.238 e. The molecule has 1 aromatic carbocycles. The van der Waals surface area contributed by atoms with Gasteiger partial charge in [-0.15, -0.1) is 0 Å². The van der Waals surface area contributed by atoms with Crippen molar-refractivity contribution in [2.24, 2.45) is 11.1 Å². The van der Waals surface area contributed by atoms with Crippen molar-refractivity contribution in [3.8, 4) is 5.75 Å². The fourth-order valence-electron chi connectivity index (χ4n) is 2.03. The number of nitrogens with one attached hydrogen (secondary N) is 1. The number of hydrogen-bond donors (Lipinski definition) is 2. The molecule has 0 aliphatic heterocycles. The molecule has 1 aromatic rings. The van der Waals surface area contributed by atoms with Crippen LogP contribution >= 0.6 is 0 Å². The first-order valence-corrected chi connectivity index (χ1v) is 7.26. The van der Waals surface area contributed by atoms with Gasteiger partial charge in [-0.25, -0.2) is 0 Å². The molecule has 3 N–H and O–H groups in total. The van der Waals surface area contributed by atoms with E-state index in [9.17, 15) is 4.79 Å². The van der Waals surface area contributed by atoms with Gasteiger partial charge in [-0.1, -0.05) is 20.8 Å². The van der Waals surface area contributed by atoms with Gasteiger partial charge in [0.1, 0.15) is 5.75 Å². The van der Waals surface area contributed by atoms with Crippen LogP contribution in [0.1, 0.15) is 20.8 Å². The highest BCUT2D eigenvalue weighted by molar-refractivity contribution is 5.92. The first-order valence-electron chi connectivity index (χ1n) is 7.26. The summed E-state index contributed by atoms with van der Waals surface area (Å²) in [6.45, 7) is 8.85. The Kier molecular flexibility index (Phi) is 6.65. The molecule has 5 nitrogen and oxygen atoms in total. The molecule has 118 valence electrons. The summed E-state index contributed by atoms with van der Waals surface area (Å²) in [5.74, 6) is 0.753. The Balaban J connectivity index is 2.54. The summed E-state index contributed by atoms with van der Waals surface area (Å²) in [5.41, 5.74) is 6.54. The van der Waals surface area contributed by atoms with Gasteiger partial charge >= 0.3 is 0 Å². The van der Waals surface area contributed by atoms with Gasteiger partial charge in [0.2, 0.25) is 5.91 Å². The lowest BCUT2D eigenvalue weighted by Crippen LogP contribution is -2.42. The number of anilines is 1. The van der Waals surface area contributed by atoms with Crippen molar-refractivity contribution >= 4 is 11.6 Å². The predicted molar refractivity (Wildman–Crippen MR) is 86.6 cm³/mol. The van der Waals surface area contributed by atoms with E-state index >= 15 is 0 Å². The van der Waals surface area contributed by atoms with Gasteiger partial charge in [0.25, 0.3) is 0 Å². The summed E-state index contributed by atoms with van der Waals surface area (Å²) in [5, 5.41) is 2.89. The van der Waals surface area contributed by atoms with Crippen LogP contribution in [0, 0.1) is 5.41 Å². The molecule has 0 unspecified atom stereocenters. The molecule has 0 fully saturated rings. The number of likely N-dealkylation sites (N-methyl/N-ethyl adjacent to an activating group) is 1. The second-order valence-corrected chi connectivity index (χ2v) is 5.95. The zero-order valence-electron chi connectivity index (χ0n) is 13.5. The number of rotatable bonds is 8. The van der Waals surface area contributed by atoms with Crippen molar-refractivity contribution < 1.29 is 9.53 Å². The maximum atomic E-state index is 12.1. The third kappa shape index (κ3) is 6.14. The first kappa shape index (κ1) is 17.5. The average Bonchev–Trinajstić information content (AvgIpc) is 2.47. The van der Waals surface area contributed by atoms with Gasteiger partial charge < -0.3 is 15.8 Å². The van der Waals surface area contributed by atoms with Crippen LogP contribution < -0.4 is 15.8 Å². The van der Waals surface area contributed by atoms with Crippen molar-refractivity contribution in [1.29, 1.82) is 0 Å². The quantitative estimate of drug-likeness (QED) is 0.768. The van der Waals surface area contributed by atoms with E-state index < -0.39 is 0 Å². The van der Waals surface area contributed by atoms with E-state index in [1.165, 1.54) is 0 Å². The molecule has 5 heteroatoms. The Hall–Kier alpha value is -1.59. The lowest BCUT2D eigenvalue weighted by atomic mass is 9.93. The molecule has 0 spiro atoms. The molecule has 0 saturated heterocycles. The first-order chi connectivity index (χ1) is 9.90. The molecule has 0 aliphatic carbocycles. The van der Waals surface area contributed by atoms with Crippen molar-refractivity contribution in [2.75, 3.05) is 38.6 Å². The zero-order valence-corrected chi connectivity index (χ0v) is 13.5. The van der Waals surface area contributed by atoms with Crippen molar-refractivity contribution in [3.05, 3.63) is 24.3 Å². The lowest BCUT2D eigenvalue weighted by Gasteiger charge is -2.30. The molecular formula is C16H27N3O2. The number of nitrogens with two attached hydrogens (primary N) is 1. The summed E-state index contributed by atoms with van der Waals surface area (Å²) in [7, 11) is 1.62. The monoisotopic (exact) mass is 293 g/mol. The zero-order chi connectivity index (χ0) is 15.9. The predicted octanol–water partition coefficient (Wildman–Crippen LogP) is 1.94. The normalized spacial score (nSPS) is 11.5. The number of methoxy groups -OCH3 is 1. The lowest BCUT2D eigenvalue weighted by molar-refractivity contribution is -0.117. The average molecular weight is 293 g/mol. The van der Waals surface area contributed by atoms with E-state index in [1.807, 2.05) is 31.2 Å². The maximum absolute atomic E-state index is 12.1. The standard InChI is InChI=1S/C16H27N3O2/c1-5-19(12-16(2,3)11-17)10-15(20)18-13-6-8-14(21-4)9-7-13/h6-9H,5,10-12,17H2,1-4H3,(H,18,20). The Morgan fingerprint density at radius 1 is 1.33 bits per heavy atom. The van der Waals surface area contributed by atoms with Gasteiger partial charge in [0, 0.05) is 12.2 Å². The Morgan fingerprint density at radius 3 is 2.43 bits per heavy atom. The van der Waals surface area contributed by atoms with Crippen LogP contribution in [0.2, 0.25) is 0 Å². The molecule has 0 atom stereocenters. The highest BCUT2D eigenvalue weighted by Gasteiger charge is 2.20. The second-order valence-electron chi connectivity index (χ2n) is 5.95. The van der Waals surface area contributed by atoms with Gasteiger partial charge in [0.15, 0.2) is 0 Å². The molecule has 0 aromatic heterocycles. The second kappa shape index (κ2) is 8.00. The van der Waals surface area contributed by atoms with E-state index in [2.05, 4.69) is 24.1 Å². The molecule has 1 amide bonds. The fourth-order valence-corrected chi connectivity index (χ4v) is 2.03. The van der Waals surface area contributed by atoms with Crippen molar-refractivity contribution in [2.45, 2.75) is 20.8 Å². The van der Waals surface area contributed by atoms with Crippen LogP contribution in [0.4, 0.5) is 5.69 Å². The van der Waals surface area contributed by atoms with E-state index in [1.54, 1.807) is 7.11 Å². The minimum atomic E-state index is -0.0187. The molecule has 0 aliphatic rings. The molecule has 21 heavy (non-hydrogen) atoms. The topological polar surface area (TPSA) is 67.6 Å². The molecule has 0 heterocycles. The summed E-state index contributed by atoms with van der Waals surface area (Å²) in [6, 6.07) is 7.31. The molecule has 1 rings (SSSR count). The minimum absolute atomic E-state index is 0.0103. The fraction of sp³-hybridized carbons (Fsp3) is 0.562. The summed E-state index contributed by atoms with van der Waals surface area (Å²) >= 11 is 0. The molecule has 0 saturated carbocycles. The number of ether oxygens (including phenoxy) is 1. The number of hydrogen-bond acceptors (Lipinski definition) is 4. The highest BCUT2D eigenvalue weighted by Crippen LogP contribution is 2.16. The number of carbonyl (C=O) groups excluding carboxylic acids is 1. The summed E-state index contributed by atoms with van der Waals surface area (Å²) < 4.78 is 5.09. The SMILES string of the molecule is CCN(CC(=O)Nc1ccc(OC)cc1)CC(C)(C)CN. The Morgan fingerprint density at radius 2 is 1.95 bits per heavy atom. The number of amides is 1. The van der Waals surface area contributed by atoms with Crippen LogP contribution in [-0.4, -0.2) is 44.1 Å². The minimum Gasteiger partial charge on any atom is -0.497 e. The molecular weight excluding hydrogens is 266 g/mol. The van der Waals surface area contributed by atoms with Gasteiger partial charge in [-0.3, -0.25) is 9.69 Å². The van der Waals surface area contributed by atoms with Crippen LogP contribution in [0.3, 0.4) is 0 Å². The van der Waals surface area contributed by atoms with E-state index in [4.69, 9.17) is 10.5 Å². The number of nitrogens with zero attached hydrogens (tertiary/aromatic N) is 1. The largest absolute Gasteiger partial charge is 0.497 e. The van der Waals surface area contributed by atoms with Crippen molar-refractivity contribution in [1.82, 2.24) is 4.90 Å². The summed E-state index contributed by atoms with van der Waals surface area (Å²) in [4.78, 5) is 14.2. The van der Waals surface area contributed by atoms with Crippen LogP contribution in [0.25, 0.3) is 0 Å². The number of benzene rings is 1. The molecule has 0 bridgehead atoms.